The standard InChI is InChI=1S/C18H32O2.Cu/c1-2-3-4-5-6-7-8-9-10-11-12-13-14-15-16-17-18(19)20;/h6-7,9-10H,2-5,8,11-17H2,1H3,(H,19,20);/b7-6-,10-9-;. The van der Waals surface area contributed by atoms with Gasteiger partial charge in [0.05, 0.1) is 0 Å². The SMILES string of the molecule is CCCCC/C=C\C/C=C\CCCCCCCC(=O)O.[Cu]. The molecule has 0 saturated heterocycles. The molecule has 0 aromatic carbocycles. The molecule has 0 unspecified atom stereocenters. The number of aliphatic carboxylic acids is 1. The third-order valence-corrected chi connectivity index (χ3v) is 3.34. The molecule has 0 aromatic rings. The van der Waals surface area contributed by atoms with Gasteiger partial charge < -0.3 is 5.11 Å². The van der Waals surface area contributed by atoms with Crippen LogP contribution in [0.15, 0.2) is 24.3 Å². The number of hydrogen-bond acceptors (Lipinski definition) is 1. The molecule has 127 valence electrons. The molecule has 0 amide bonds. The zero-order valence-electron chi connectivity index (χ0n) is 13.5. The van der Waals surface area contributed by atoms with Crippen LogP contribution in [0.1, 0.15) is 84.0 Å². The largest absolute Gasteiger partial charge is 0.481 e. The maximum absolute atomic E-state index is 10.3. The fourth-order valence-electron chi connectivity index (χ4n) is 2.09. The van der Waals surface area contributed by atoms with Gasteiger partial charge in [0.1, 0.15) is 0 Å². The molecule has 1 N–H and O–H groups in total. The van der Waals surface area contributed by atoms with Gasteiger partial charge in [-0.15, -0.1) is 0 Å². The van der Waals surface area contributed by atoms with Crippen molar-refractivity contribution in [2.45, 2.75) is 84.0 Å². The summed E-state index contributed by atoms with van der Waals surface area (Å²) in [5.74, 6) is -0.671. The zero-order chi connectivity index (χ0) is 14.9. The van der Waals surface area contributed by atoms with Crippen molar-refractivity contribution >= 4 is 5.97 Å². The minimum absolute atomic E-state index is 0. The van der Waals surface area contributed by atoms with E-state index in [1.165, 1.54) is 44.9 Å². The van der Waals surface area contributed by atoms with Crippen LogP contribution in [0, 0.1) is 0 Å². The molecule has 0 spiro atoms. The zero-order valence-corrected chi connectivity index (χ0v) is 14.4. The summed E-state index contributed by atoms with van der Waals surface area (Å²) in [7, 11) is 0. The first kappa shape index (κ1) is 22.7. The summed E-state index contributed by atoms with van der Waals surface area (Å²) < 4.78 is 0. The van der Waals surface area contributed by atoms with Gasteiger partial charge in [-0.05, 0) is 38.5 Å². The predicted molar refractivity (Wildman–Crippen MR) is 87.0 cm³/mol. The van der Waals surface area contributed by atoms with Gasteiger partial charge in [-0.3, -0.25) is 4.79 Å². The predicted octanol–water partition coefficient (Wildman–Crippen LogP) is 5.88. The molecule has 3 heteroatoms. The molecule has 0 saturated carbocycles. The van der Waals surface area contributed by atoms with Gasteiger partial charge in [-0.25, -0.2) is 0 Å². The van der Waals surface area contributed by atoms with Gasteiger partial charge in [0.25, 0.3) is 0 Å². The maximum atomic E-state index is 10.3. The van der Waals surface area contributed by atoms with E-state index in [0.29, 0.717) is 6.42 Å². The molecule has 1 radical (unpaired) electrons. The van der Waals surface area contributed by atoms with Gasteiger partial charge in [-0.2, -0.15) is 0 Å². The molecule has 0 aromatic heterocycles. The van der Waals surface area contributed by atoms with Crippen molar-refractivity contribution in [2.75, 3.05) is 0 Å². The van der Waals surface area contributed by atoms with Gasteiger partial charge in [0.2, 0.25) is 0 Å². The summed E-state index contributed by atoms with van der Waals surface area (Å²) in [6.45, 7) is 2.23. The first-order valence-electron chi connectivity index (χ1n) is 8.29. The van der Waals surface area contributed by atoms with Crippen LogP contribution in [0.2, 0.25) is 0 Å². The molecular weight excluding hydrogens is 312 g/mol. The van der Waals surface area contributed by atoms with Crippen molar-refractivity contribution in [3.63, 3.8) is 0 Å². The van der Waals surface area contributed by atoms with Crippen molar-refractivity contribution in [3.8, 4) is 0 Å². The van der Waals surface area contributed by atoms with Crippen molar-refractivity contribution in [3.05, 3.63) is 24.3 Å². The number of rotatable bonds is 14. The van der Waals surface area contributed by atoms with Crippen LogP contribution in [0.3, 0.4) is 0 Å². The summed E-state index contributed by atoms with van der Waals surface area (Å²) in [4.78, 5) is 10.3. The Morgan fingerprint density at radius 1 is 0.810 bits per heavy atom. The molecule has 0 rings (SSSR count). The Morgan fingerprint density at radius 3 is 1.90 bits per heavy atom. The number of allylic oxidation sites excluding steroid dienone is 4. The first-order valence-corrected chi connectivity index (χ1v) is 8.29. The molecular formula is C18H32CuO2. The smallest absolute Gasteiger partial charge is 0.303 e. The van der Waals surface area contributed by atoms with Crippen molar-refractivity contribution in [1.82, 2.24) is 0 Å². The van der Waals surface area contributed by atoms with Crippen LogP contribution >= 0.6 is 0 Å². The Hall–Kier alpha value is -0.531. The summed E-state index contributed by atoms with van der Waals surface area (Å²) >= 11 is 0. The van der Waals surface area contributed by atoms with E-state index in [1.54, 1.807) is 0 Å². The van der Waals surface area contributed by atoms with Gasteiger partial charge in [0.15, 0.2) is 0 Å². The monoisotopic (exact) mass is 343 g/mol. The maximum Gasteiger partial charge on any atom is 0.303 e. The molecule has 2 nitrogen and oxygen atoms in total. The number of carboxylic acids is 1. The van der Waals surface area contributed by atoms with Crippen LogP contribution in [0.5, 0.6) is 0 Å². The van der Waals surface area contributed by atoms with Crippen molar-refractivity contribution in [2.24, 2.45) is 0 Å². The molecule has 0 fully saturated rings. The first-order chi connectivity index (χ1) is 9.77. The Kier molecular flexibility index (Phi) is 21.1. The van der Waals surface area contributed by atoms with E-state index in [9.17, 15) is 4.79 Å². The molecule has 0 aliphatic carbocycles. The van der Waals surface area contributed by atoms with E-state index in [1.807, 2.05) is 0 Å². The molecule has 0 aliphatic rings. The van der Waals surface area contributed by atoms with Crippen molar-refractivity contribution in [1.29, 1.82) is 0 Å². The van der Waals surface area contributed by atoms with E-state index < -0.39 is 5.97 Å². The molecule has 0 atom stereocenters. The van der Waals surface area contributed by atoms with Crippen LogP contribution in [0.4, 0.5) is 0 Å². The number of carbonyl (C=O) groups is 1. The number of hydrogen-bond donors (Lipinski definition) is 1. The Balaban J connectivity index is 0. The van der Waals surface area contributed by atoms with E-state index in [4.69, 9.17) is 5.11 Å². The molecule has 21 heavy (non-hydrogen) atoms. The second-order valence-corrected chi connectivity index (χ2v) is 5.37. The second-order valence-electron chi connectivity index (χ2n) is 5.37. The average Bonchev–Trinajstić information content (AvgIpc) is 2.43. The van der Waals surface area contributed by atoms with Crippen molar-refractivity contribution < 1.29 is 27.0 Å². The fourth-order valence-corrected chi connectivity index (χ4v) is 2.09. The minimum Gasteiger partial charge on any atom is -0.481 e. The minimum atomic E-state index is -0.671. The molecule has 0 aliphatic heterocycles. The second kappa shape index (κ2) is 19.5. The normalized spacial score (nSPS) is 11.1. The van der Waals surface area contributed by atoms with Crippen LogP contribution < -0.4 is 0 Å². The average molecular weight is 344 g/mol. The molecule has 0 bridgehead atoms. The van der Waals surface area contributed by atoms with E-state index in [2.05, 4.69) is 31.2 Å². The van der Waals surface area contributed by atoms with Crippen LogP contribution in [-0.4, -0.2) is 11.1 Å². The Bertz CT molecular complexity index is 272. The van der Waals surface area contributed by atoms with Crippen LogP contribution in [-0.2, 0) is 21.9 Å². The van der Waals surface area contributed by atoms with E-state index in [-0.39, 0.29) is 17.1 Å². The van der Waals surface area contributed by atoms with Gasteiger partial charge in [-0.1, -0.05) is 63.3 Å². The van der Waals surface area contributed by atoms with E-state index >= 15 is 0 Å². The number of unbranched alkanes of at least 4 members (excludes halogenated alkanes) is 8. The third kappa shape index (κ3) is 21.9. The molecule has 0 heterocycles. The summed E-state index contributed by atoms with van der Waals surface area (Å²) in [6, 6.07) is 0. The van der Waals surface area contributed by atoms with Gasteiger partial charge in [0, 0.05) is 23.5 Å². The number of carboxylic acid groups (broad SMARTS) is 1. The summed E-state index contributed by atoms with van der Waals surface area (Å²) in [6.07, 6.45) is 22.3. The summed E-state index contributed by atoms with van der Waals surface area (Å²) in [5.41, 5.74) is 0. The Labute approximate surface area is 141 Å². The quantitative estimate of drug-likeness (QED) is 0.243. The topological polar surface area (TPSA) is 37.3 Å². The van der Waals surface area contributed by atoms with E-state index in [0.717, 1.165) is 25.7 Å². The third-order valence-electron chi connectivity index (χ3n) is 3.34. The Morgan fingerprint density at radius 2 is 1.33 bits per heavy atom. The van der Waals surface area contributed by atoms with Crippen LogP contribution in [0.25, 0.3) is 0 Å². The fraction of sp³-hybridized carbons (Fsp3) is 0.722. The summed E-state index contributed by atoms with van der Waals surface area (Å²) in [5, 5.41) is 8.50. The van der Waals surface area contributed by atoms with Gasteiger partial charge >= 0.3 is 5.97 Å².